The molecule has 0 aromatic carbocycles. The molecule has 0 aliphatic carbocycles. The summed E-state index contributed by atoms with van der Waals surface area (Å²) < 4.78 is 0. The van der Waals surface area contributed by atoms with Crippen molar-refractivity contribution in [3.8, 4) is 0 Å². The minimum atomic E-state index is -0.303. The molecular weight excluding hydrogens is 163 g/mol. The Morgan fingerprint density at radius 2 is 2.11 bits per heavy atom. The van der Waals surface area contributed by atoms with Crippen LogP contribution >= 0.6 is 24.8 Å². The Balaban J connectivity index is 0. The van der Waals surface area contributed by atoms with Gasteiger partial charge < -0.3 is 4.98 Å². The summed E-state index contributed by atoms with van der Waals surface area (Å²) in [7, 11) is 0. The molecule has 1 rings (SSSR count). The Kier molecular flexibility index (Phi) is 7.01. The summed E-state index contributed by atoms with van der Waals surface area (Å²) in [5, 5.41) is 0. The molecule has 1 aromatic heterocycles. The van der Waals surface area contributed by atoms with Crippen LogP contribution in [-0.2, 0) is 0 Å². The first-order valence-corrected chi connectivity index (χ1v) is 1.89. The van der Waals surface area contributed by atoms with E-state index in [4.69, 9.17) is 0 Å². The van der Waals surface area contributed by atoms with Gasteiger partial charge in [-0.15, -0.1) is 24.8 Å². The van der Waals surface area contributed by atoms with E-state index in [1.807, 2.05) is 0 Å². The van der Waals surface area contributed by atoms with Crippen molar-refractivity contribution in [3.05, 3.63) is 28.9 Å². The molecule has 0 fully saturated rings. The zero-order valence-corrected chi connectivity index (χ0v) is 6.04. The van der Waals surface area contributed by atoms with Gasteiger partial charge in [0.2, 0.25) is 0 Å². The summed E-state index contributed by atoms with van der Waals surface area (Å²) in [6, 6.07) is 1.65. The van der Waals surface area contributed by atoms with E-state index in [9.17, 15) is 4.79 Å². The highest BCUT2D eigenvalue weighted by molar-refractivity contribution is 5.85. The average molecular weight is 169 g/mol. The highest BCUT2D eigenvalue weighted by Gasteiger charge is 1.70. The van der Waals surface area contributed by atoms with Crippen LogP contribution < -0.4 is 5.69 Å². The zero-order valence-electron chi connectivity index (χ0n) is 4.40. The smallest absolute Gasteiger partial charge is 0.313 e. The molecular formula is C4H6Cl2N2O. The van der Waals surface area contributed by atoms with Gasteiger partial charge in [-0.1, -0.05) is 0 Å². The largest absolute Gasteiger partial charge is 0.344 e. The molecule has 0 aliphatic rings. The summed E-state index contributed by atoms with van der Waals surface area (Å²) in [6.07, 6.45) is 2.98. The van der Waals surface area contributed by atoms with E-state index in [1.54, 1.807) is 6.07 Å². The van der Waals surface area contributed by atoms with Crippen LogP contribution in [0.4, 0.5) is 0 Å². The maximum Gasteiger partial charge on any atom is 0.344 e. The van der Waals surface area contributed by atoms with E-state index < -0.39 is 0 Å². The molecule has 0 saturated carbocycles. The average Bonchev–Trinajstić information content (AvgIpc) is 1.69. The van der Waals surface area contributed by atoms with Crippen molar-refractivity contribution in [2.45, 2.75) is 0 Å². The molecule has 1 N–H and O–H groups in total. The molecule has 0 bridgehead atoms. The Morgan fingerprint density at radius 3 is 2.33 bits per heavy atom. The number of nitrogens with zero attached hydrogens (tertiary/aromatic N) is 1. The summed E-state index contributed by atoms with van der Waals surface area (Å²) in [5.74, 6) is 0. The Labute approximate surface area is 64.3 Å². The van der Waals surface area contributed by atoms with E-state index in [0.717, 1.165) is 0 Å². The van der Waals surface area contributed by atoms with Gasteiger partial charge in [0.25, 0.3) is 0 Å². The van der Waals surface area contributed by atoms with Gasteiger partial charge in [-0.2, -0.15) is 0 Å². The Bertz CT molecular complexity index is 182. The molecule has 0 amide bonds. The maximum absolute atomic E-state index is 10.1. The molecule has 0 atom stereocenters. The van der Waals surface area contributed by atoms with Crippen LogP contribution in [0.2, 0.25) is 0 Å². The number of aromatic amines is 1. The van der Waals surface area contributed by atoms with Crippen LogP contribution in [0.5, 0.6) is 0 Å². The summed E-state index contributed by atoms with van der Waals surface area (Å²) in [4.78, 5) is 15.8. The quantitative estimate of drug-likeness (QED) is 0.618. The lowest BCUT2D eigenvalue weighted by Gasteiger charge is -1.72. The second-order valence-electron chi connectivity index (χ2n) is 1.09. The minimum absolute atomic E-state index is 0. The fraction of sp³-hybridized carbons (Fsp3) is 0. The molecule has 9 heavy (non-hydrogen) atoms. The van der Waals surface area contributed by atoms with Crippen LogP contribution in [0.15, 0.2) is 23.3 Å². The van der Waals surface area contributed by atoms with E-state index >= 15 is 0 Å². The molecule has 0 saturated heterocycles. The van der Waals surface area contributed by atoms with Crippen molar-refractivity contribution < 1.29 is 0 Å². The van der Waals surface area contributed by atoms with Crippen LogP contribution in [0.1, 0.15) is 0 Å². The monoisotopic (exact) mass is 168 g/mol. The third-order valence-electron chi connectivity index (χ3n) is 0.581. The van der Waals surface area contributed by atoms with E-state index in [1.165, 1.54) is 12.4 Å². The van der Waals surface area contributed by atoms with Gasteiger partial charge in [-0.3, -0.25) is 0 Å². The van der Waals surface area contributed by atoms with Crippen molar-refractivity contribution in [3.63, 3.8) is 0 Å². The normalized spacial score (nSPS) is 6.67. The molecule has 1 aromatic rings. The minimum Gasteiger partial charge on any atom is -0.313 e. The van der Waals surface area contributed by atoms with Crippen molar-refractivity contribution in [2.24, 2.45) is 0 Å². The Hall–Kier alpha value is -0.540. The topological polar surface area (TPSA) is 45.8 Å². The van der Waals surface area contributed by atoms with Gasteiger partial charge in [0, 0.05) is 12.4 Å². The number of halogens is 2. The summed E-state index contributed by atoms with van der Waals surface area (Å²) in [6.45, 7) is 0. The number of hydrogen-bond donors (Lipinski definition) is 1. The van der Waals surface area contributed by atoms with Crippen LogP contribution in [-0.4, -0.2) is 9.97 Å². The van der Waals surface area contributed by atoms with Gasteiger partial charge in [0.15, 0.2) is 0 Å². The van der Waals surface area contributed by atoms with Crippen LogP contribution in [0, 0.1) is 0 Å². The van der Waals surface area contributed by atoms with Crippen molar-refractivity contribution in [1.82, 2.24) is 9.97 Å². The van der Waals surface area contributed by atoms with Gasteiger partial charge >= 0.3 is 5.69 Å². The summed E-state index contributed by atoms with van der Waals surface area (Å²) in [5.41, 5.74) is -0.303. The summed E-state index contributed by atoms with van der Waals surface area (Å²) >= 11 is 0. The standard InChI is InChI=1S/C4H4N2O.2ClH/c7-4-5-2-1-3-6-4;;/h1-3H,(H,5,6,7);2*1H. The van der Waals surface area contributed by atoms with Crippen LogP contribution in [0.3, 0.4) is 0 Å². The Morgan fingerprint density at radius 1 is 1.44 bits per heavy atom. The van der Waals surface area contributed by atoms with E-state index in [2.05, 4.69) is 9.97 Å². The predicted molar refractivity (Wildman–Crippen MR) is 39.4 cm³/mol. The fourth-order valence-electron chi connectivity index (χ4n) is 0.310. The lowest BCUT2D eigenvalue weighted by molar-refractivity contribution is 1.08. The van der Waals surface area contributed by atoms with E-state index in [0.29, 0.717) is 0 Å². The SMILES string of the molecule is Cl.Cl.O=c1nccc[nH]1. The molecule has 3 nitrogen and oxygen atoms in total. The fourth-order valence-corrected chi connectivity index (χ4v) is 0.310. The molecule has 0 radical (unpaired) electrons. The highest BCUT2D eigenvalue weighted by atomic mass is 35.5. The zero-order chi connectivity index (χ0) is 5.11. The molecule has 0 spiro atoms. The first-order chi connectivity index (χ1) is 3.39. The molecule has 0 aliphatic heterocycles. The van der Waals surface area contributed by atoms with Gasteiger partial charge in [-0.25, -0.2) is 9.78 Å². The molecule has 5 heteroatoms. The lowest BCUT2D eigenvalue weighted by Crippen LogP contribution is -2.05. The first-order valence-electron chi connectivity index (χ1n) is 1.89. The number of hydrogen-bond acceptors (Lipinski definition) is 2. The molecule has 0 unspecified atom stereocenters. The first kappa shape index (κ1) is 11.3. The van der Waals surface area contributed by atoms with E-state index in [-0.39, 0.29) is 30.5 Å². The number of rotatable bonds is 0. The molecule has 52 valence electrons. The third-order valence-corrected chi connectivity index (χ3v) is 0.581. The van der Waals surface area contributed by atoms with Crippen molar-refractivity contribution in [1.29, 1.82) is 0 Å². The van der Waals surface area contributed by atoms with Gasteiger partial charge in [0.05, 0.1) is 0 Å². The number of nitrogens with one attached hydrogen (secondary N) is 1. The van der Waals surface area contributed by atoms with Gasteiger partial charge in [0.1, 0.15) is 0 Å². The van der Waals surface area contributed by atoms with Crippen molar-refractivity contribution >= 4 is 24.8 Å². The second-order valence-corrected chi connectivity index (χ2v) is 1.09. The lowest BCUT2D eigenvalue weighted by atomic mass is 10.7. The highest BCUT2D eigenvalue weighted by Crippen LogP contribution is 1.60. The maximum atomic E-state index is 10.1. The van der Waals surface area contributed by atoms with Crippen LogP contribution in [0.25, 0.3) is 0 Å². The van der Waals surface area contributed by atoms with Crippen molar-refractivity contribution in [2.75, 3.05) is 0 Å². The number of H-pyrrole nitrogens is 1. The third kappa shape index (κ3) is 4.00. The molecule has 1 heterocycles. The van der Waals surface area contributed by atoms with Gasteiger partial charge in [-0.05, 0) is 6.07 Å². The number of aromatic nitrogens is 2. The predicted octanol–water partition coefficient (Wildman–Crippen LogP) is 0.614. The second kappa shape index (κ2) is 5.59.